The van der Waals surface area contributed by atoms with Gasteiger partial charge in [-0.05, 0) is 47.7 Å². The summed E-state index contributed by atoms with van der Waals surface area (Å²) in [6.07, 6.45) is -0.500. The second-order valence-electron chi connectivity index (χ2n) is 9.34. The van der Waals surface area contributed by atoms with Crippen LogP contribution in [0.5, 0.6) is 0 Å². The number of carbonyl (C=O) groups excluding carboxylic acids is 2. The molecule has 38 heavy (non-hydrogen) atoms. The Balaban J connectivity index is 1.49. The van der Waals surface area contributed by atoms with E-state index in [4.69, 9.17) is 4.74 Å². The highest BCUT2D eigenvalue weighted by Gasteiger charge is 2.47. The molecule has 2 heterocycles. The van der Waals surface area contributed by atoms with Gasteiger partial charge in [0.25, 0.3) is 0 Å². The Morgan fingerprint density at radius 1 is 1.26 bits per heavy atom. The van der Waals surface area contributed by atoms with Crippen molar-refractivity contribution in [1.29, 1.82) is 0 Å². The molecule has 0 bridgehead atoms. The van der Waals surface area contributed by atoms with Gasteiger partial charge in [0.15, 0.2) is 0 Å². The normalized spacial score (nSPS) is 18.2. The van der Waals surface area contributed by atoms with Crippen molar-refractivity contribution in [3.63, 3.8) is 0 Å². The molecule has 2 aliphatic rings. The van der Waals surface area contributed by atoms with Gasteiger partial charge in [0.1, 0.15) is 17.5 Å². The Kier molecular flexibility index (Phi) is 9.47. The molecule has 1 saturated carbocycles. The standard InChI is InChI=1S/C25H31F2N3O6S2/c1-35-24(33)29-12-23(32)28-11-19-3-5-22(37-19)21(14-31)30(13-16-9-25(26,27)10-16)38(34)20-4-2-17-6-7-36-15-18(17)8-20/h2-5,8,16,21,31H,6-7,9-15H2,1H3,(H,28,32)(H,29,33). The van der Waals surface area contributed by atoms with Gasteiger partial charge in [-0.1, -0.05) is 6.07 Å². The number of hydrogen-bond donors (Lipinski definition) is 3. The fourth-order valence-electron chi connectivity index (χ4n) is 4.53. The number of alkyl halides is 2. The third kappa shape index (κ3) is 7.14. The Morgan fingerprint density at radius 3 is 2.76 bits per heavy atom. The number of amides is 2. The zero-order valence-corrected chi connectivity index (χ0v) is 22.5. The summed E-state index contributed by atoms with van der Waals surface area (Å²) in [5.74, 6) is -3.47. The van der Waals surface area contributed by atoms with Crippen molar-refractivity contribution in [3.8, 4) is 0 Å². The summed E-state index contributed by atoms with van der Waals surface area (Å²) < 4.78 is 52.6. The lowest BCUT2D eigenvalue weighted by atomic mass is 9.81. The summed E-state index contributed by atoms with van der Waals surface area (Å²) >= 11 is 1.32. The van der Waals surface area contributed by atoms with Crippen LogP contribution in [-0.2, 0) is 44.8 Å². The molecule has 3 N–H and O–H groups in total. The van der Waals surface area contributed by atoms with E-state index >= 15 is 0 Å². The number of nitrogens with one attached hydrogen (secondary N) is 2. The van der Waals surface area contributed by atoms with Crippen LogP contribution in [0, 0.1) is 5.92 Å². The molecule has 2 unspecified atom stereocenters. The number of fused-ring (bicyclic) bond motifs is 1. The lowest BCUT2D eigenvalue weighted by Gasteiger charge is -2.39. The average molecular weight is 572 g/mol. The first-order valence-corrected chi connectivity index (χ1v) is 14.2. The molecular formula is C25H31F2N3O6S2. The topological polar surface area (TPSA) is 117 Å². The lowest BCUT2D eigenvalue weighted by molar-refractivity contribution is -0.120. The van der Waals surface area contributed by atoms with Crippen molar-refractivity contribution in [2.75, 3.05) is 33.4 Å². The van der Waals surface area contributed by atoms with Crippen molar-refractivity contribution < 1.29 is 37.2 Å². The number of thiophene rings is 1. The van der Waals surface area contributed by atoms with Crippen LogP contribution in [0.25, 0.3) is 0 Å². The van der Waals surface area contributed by atoms with E-state index in [2.05, 4.69) is 15.4 Å². The van der Waals surface area contributed by atoms with E-state index in [9.17, 15) is 27.7 Å². The van der Waals surface area contributed by atoms with Crippen LogP contribution in [0.2, 0.25) is 0 Å². The molecule has 1 aromatic carbocycles. The predicted molar refractivity (Wildman–Crippen MR) is 137 cm³/mol. The summed E-state index contributed by atoms with van der Waals surface area (Å²) in [4.78, 5) is 25.1. The van der Waals surface area contributed by atoms with Crippen LogP contribution in [-0.4, -0.2) is 65.0 Å². The number of methoxy groups -OCH3 is 1. The van der Waals surface area contributed by atoms with Crippen LogP contribution >= 0.6 is 11.3 Å². The van der Waals surface area contributed by atoms with Crippen LogP contribution in [0.3, 0.4) is 0 Å². The summed E-state index contributed by atoms with van der Waals surface area (Å²) in [6, 6.07) is 8.42. The van der Waals surface area contributed by atoms with Crippen LogP contribution < -0.4 is 10.6 Å². The number of nitrogens with zero attached hydrogens (tertiary/aromatic N) is 1. The molecule has 2 atom stereocenters. The number of halogens is 2. The minimum absolute atomic E-state index is 0.143. The third-order valence-electron chi connectivity index (χ3n) is 6.55. The van der Waals surface area contributed by atoms with Crippen LogP contribution in [0.15, 0.2) is 35.2 Å². The van der Waals surface area contributed by atoms with E-state index in [1.165, 1.54) is 18.4 Å². The monoisotopic (exact) mass is 571 g/mol. The number of carbonyl (C=O) groups is 2. The highest BCUT2D eigenvalue weighted by atomic mass is 32.2. The number of hydrogen-bond acceptors (Lipinski definition) is 7. The molecule has 2 aromatic rings. The van der Waals surface area contributed by atoms with Crippen molar-refractivity contribution in [2.24, 2.45) is 5.92 Å². The summed E-state index contributed by atoms with van der Waals surface area (Å²) in [5, 5.41) is 15.3. The van der Waals surface area contributed by atoms with E-state index in [1.54, 1.807) is 22.5 Å². The van der Waals surface area contributed by atoms with E-state index in [1.807, 2.05) is 12.1 Å². The van der Waals surface area contributed by atoms with Gasteiger partial charge < -0.3 is 25.2 Å². The maximum atomic E-state index is 13.8. The number of rotatable bonds is 11. The second-order valence-corrected chi connectivity index (χ2v) is 12.0. The van der Waals surface area contributed by atoms with Gasteiger partial charge in [-0.2, -0.15) is 0 Å². The fraction of sp³-hybridized carbons (Fsp3) is 0.520. The molecular weight excluding hydrogens is 540 g/mol. The first-order valence-electron chi connectivity index (χ1n) is 12.2. The van der Waals surface area contributed by atoms with Gasteiger partial charge in [0.05, 0.1) is 44.4 Å². The Hall–Kier alpha value is -2.45. The summed E-state index contributed by atoms with van der Waals surface area (Å²) in [5.41, 5.74) is 2.08. The molecule has 1 aromatic heterocycles. The zero-order valence-electron chi connectivity index (χ0n) is 20.9. The largest absolute Gasteiger partial charge is 0.453 e. The van der Waals surface area contributed by atoms with Crippen molar-refractivity contribution in [1.82, 2.24) is 14.9 Å². The van der Waals surface area contributed by atoms with E-state index in [0.717, 1.165) is 22.4 Å². The first kappa shape index (κ1) is 28.6. The molecule has 1 fully saturated rings. The molecule has 208 valence electrons. The molecule has 9 nitrogen and oxygen atoms in total. The molecule has 1 aliphatic heterocycles. The quantitative estimate of drug-likeness (QED) is 0.382. The predicted octanol–water partition coefficient (Wildman–Crippen LogP) is 2.90. The van der Waals surface area contributed by atoms with E-state index < -0.39 is 35.0 Å². The molecule has 13 heteroatoms. The van der Waals surface area contributed by atoms with Gasteiger partial charge >= 0.3 is 6.09 Å². The van der Waals surface area contributed by atoms with Crippen molar-refractivity contribution >= 4 is 34.3 Å². The summed E-state index contributed by atoms with van der Waals surface area (Å²) in [7, 11) is -0.516. The smallest absolute Gasteiger partial charge is 0.407 e. The Bertz CT molecular complexity index is 1170. The Labute approximate surface area is 226 Å². The van der Waals surface area contributed by atoms with E-state index in [-0.39, 0.29) is 45.0 Å². The minimum atomic E-state index is -2.72. The molecule has 1 aliphatic carbocycles. The third-order valence-corrected chi connectivity index (χ3v) is 9.22. The molecule has 0 spiro atoms. The molecule has 0 saturated heterocycles. The van der Waals surface area contributed by atoms with Crippen LogP contribution in [0.4, 0.5) is 13.6 Å². The van der Waals surface area contributed by atoms with Gasteiger partial charge in [0.2, 0.25) is 11.8 Å². The van der Waals surface area contributed by atoms with Gasteiger partial charge in [-0.3, -0.25) is 4.79 Å². The number of alkyl carbamates (subject to hydrolysis) is 1. The second kappa shape index (κ2) is 12.6. The number of ether oxygens (including phenoxy) is 2. The minimum Gasteiger partial charge on any atom is -0.453 e. The number of benzene rings is 1. The zero-order chi connectivity index (χ0) is 27.3. The fourth-order valence-corrected chi connectivity index (χ4v) is 7.11. The first-order chi connectivity index (χ1) is 18.2. The number of aliphatic hydroxyl groups is 1. The molecule has 4 rings (SSSR count). The van der Waals surface area contributed by atoms with Gasteiger partial charge in [-0.25, -0.2) is 22.1 Å². The average Bonchev–Trinajstić information content (AvgIpc) is 3.37. The van der Waals surface area contributed by atoms with Gasteiger partial charge in [-0.15, -0.1) is 11.3 Å². The van der Waals surface area contributed by atoms with Crippen LogP contribution in [0.1, 0.15) is 39.8 Å². The molecule has 0 radical (unpaired) electrons. The lowest BCUT2D eigenvalue weighted by Crippen LogP contribution is -2.44. The molecule has 2 amide bonds. The highest BCUT2D eigenvalue weighted by molar-refractivity contribution is 7.82. The Morgan fingerprint density at radius 2 is 2.05 bits per heavy atom. The van der Waals surface area contributed by atoms with Gasteiger partial charge in [0, 0.05) is 29.1 Å². The SMILES string of the molecule is COC(=O)NCC(=O)NCc1ccc(C(CO)N(CC2CC(F)(F)C2)S(=O)c2ccc3c(c2)COCC3)s1. The summed E-state index contributed by atoms with van der Waals surface area (Å²) in [6.45, 7) is 0.783. The maximum Gasteiger partial charge on any atom is 0.407 e. The van der Waals surface area contributed by atoms with E-state index in [0.29, 0.717) is 23.0 Å². The maximum absolute atomic E-state index is 13.8. The van der Waals surface area contributed by atoms with Crippen molar-refractivity contribution in [2.45, 2.75) is 49.3 Å². The number of aliphatic hydroxyl groups excluding tert-OH is 1. The highest BCUT2D eigenvalue weighted by Crippen LogP contribution is 2.44. The van der Waals surface area contributed by atoms with Crippen molar-refractivity contribution in [3.05, 3.63) is 51.2 Å².